The van der Waals surface area contributed by atoms with Crippen LogP contribution in [0.3, 0.4) is 0 Å². The average Bonchev–Trinajstić information content (AvgIpc) is 2.35. The van der Waals surface area contributed by atoms with E-state index in [1.807, 2.05) is 0 Å². The van der Waals surface area contributed by atoms with Crippen molar-refractivity contribution in [3.63, 3.8) is 0 Å². The van der Waals surface area contributed by atoms with Crippen LogP contribution in [-0.4, -0.2) is 30.7 Å². The van der Waals surface area contributed by atoms with Gasteiger partial charge in [-0.2, -0.15) is 0 Å². The van der Waals surface area contributed by atoms with Crippen LogP contribution in [0.4, 0.5) is 5.69 Å². The first-order valence-electron chi connectivity index (χ1n) is 5.58. The van der Waals surface area contributed by atoms with Gasteiger partial charge in [0.05, 0.1) is 12.0 Å². The zero-order chi connectivity index (χ0) is 14.6. The van der Waals surface area contributed by atoms with Crippen molar-refractivity contribution in [3.8, 4) is 5.75 Å². The Balaban J connectivity index is 2.94. The molecule has 0 bridgehead atoms. The number of nitro benzene ring substituents is 1. The Hall–Kier alpha value is -2.15. The minimum atomic E-state index is -0.981. The molecular formula is C12H16N2O5. The number of nitrogens with two attached hydrogens (primary N) is 1. The summed E-state index contributed by atoms with van der Waals surface area (Å²) in [6, 6.07) is 2.18. The zero-order valence-corrected chi connectivity index (χ0v) is 11.0. The molecule has 0 aromatic heterocycles. The summed E-state index contributed by atoms with van der Waals surface area (Å²) in [7, 11) is 1.21. The molecule has 1 atom stereocenters. The van der Waals surface area contributed by atoms with Gasteiger partial charge in [-0.25, -0.2) is 0 Å². The normalized spacial score (nSPS) is 11.8. The third-order valence-corrected chi connectivity index (χ3v) is 2.51. The molecule has 0 aliphatic rings. The maximum atomic E-state index is 11.1. The lowest BCUT2D eigenvalue weighted by Gasteiger charge is -2.13. The van der Waals surface area contributed by atoms with E-state index in [9.17, 15) is 14.9 Å². The molecular weight excluding hydrogens is 252 g/mol. The molecule has 1 rings (SSSR count). The maximum absolute atomic E-state index is 11.1. The Labute approximate surface area is 110 Å². The fourth-order valence-electron chi connectivity index (χ4n) is 1.65. The number of nitro groups is 1. The monoisotopic (exact) mass is 268 g/mol. The summed E-state index contributed by atoms with van der Waals surface area (Å²) in [4.78, 5) is 21.6. The van der Waals surface area contributed by atoms with Crippen molar-refractivity contribution in [3.05, 3.63) is 33.4 Å². The number of esters is 1. The number of carbonyl (C=O) groups excluding carboxylic acids is 1. The van der Waals surface area contributed by atoms with Gasteiger partial charge in [0, 0.05) is 6.07 Å². The van der Waals surface area contributed by atoms with Crippen LogP contribution in [0, 0.1) is 24.0 Å². The van der Waals surface area contributed by atoms with Gasteiger partial charge in [-0.1, -0.05) is 6.07 Å². The van der Waals surface area contributed by atoms with E-state index in [0.29, 0.717) is 5.56 Å². The van der Waals surface area contributed by atoms with E-state index in [-0.39, 0.29) is 18.0 Å². The van der Waals surface area contributed by atoms with Crippen molar-refractivity contribution >= 4 is 11.7 Å². The van der Waals surface area contributed by atoms with Gasteiger partial charge in [0.15, 0.2) is 5.75 Å². The van der Waals surface area contributed by atoms with E-state index in [4.69, 9.17) is 10.5 Å². The molecule has 7 nitrogen and oxygen atoms in total. The number of benzene rings is 1. The molecule has 1 unspecified atom stereocenters. The van der Waals surface area contributed by atoms with Crippen LogP contribution < -0.4 is 10.5 Å². The maximum Gasteiger partial charge on any atom is 0.326 e. The van der Waals surface area contributed by atoms with E-state index < -0.39 is 16.9 Å². The van der Waals surface area contributed by atoms with Crippen LogP contribution in [0.1, 0.15) is 11.1 Å². The van der Waals surface area contributed by atoms with Gasteiger partial charge in [0.2, 0.25) is 0 Å². The summed E-state index contributed by atoms with van der Waals surface area (Å²) < 4.78 is 9.75. The highest BCUT2D eigenvalue weighted by molar-refractivity contribution is 5.75. The highest BCUT2D eigenvalue weighted by atomic mass is 16.6. The number of hydrogen-bond acceptors (Lipinski definition) is 6. The van der Waals surface area contributed by atoms with Crippen LogP contribution in [0.5, 0.6) is 5.75 Å². The molecule has 104 valence electrons. The molecule has 0 saturated heterocycles. The Morgan fingerprint density at radius 2 is 2.11 bits per heavy atom. The molecule has 0 amide bonds. The van der Waals surface area contributed by atoms with Gasteiger partial charge in [-0.15, -0.1) is 0 Å². The van der Waals surface area contributed by atoms with Crippen molar-refractivity contribution in [2.24, 2.45) is 5.73 Å². The lowest BCUT2D eigenvalue weighted by molar-refractivity contribution is -0.386. The summed E-state index contributed by atoms with van der Waals surface area (Å²) in [6.07, 6.45) is 0. The quantitative estimate of drug-likeness (QED) is 0.487. The van der Waals surface area contributed by atoms with Crippen molar-refractivity contribution in [2.45, 2.75) is 19.9 Å². The van der Waals surface area contributed by atoms with Gasteiger partial charge >= 0.3 is 11.7 Å². The first kappa shape index (κ1) is 14.9. The van der Waals surface area contributed by atoms with E-state index in [1.165, 1.54) is 13.2 Å². The molecule has 0 saturated carbocycles. The van der Waals surface area contributed by atoms with Crippen molar-refractivity contribution < 1.29 is 19.2 Å². The Morgan fingerprint density at radius 3 is 2.63 bits per heavy atom. The average molecular weight is 268 g/mol. The smallest absolute Gasteiger partial charge is 0.326 e. The number of methoxy groups -OCH3 is 1. The van der Waals surface area contributed by atoms with Gasteiger partial charge in [0.1, 0.15) is 12.6 Å². The summed E-state index contributed by atoms with van der Waals surface area (Å²) in [5, 5.41) is 11.0. The molecule has 0 aliphatic carbocycles. The number of hydrogen-bond donors (Lipinski definition) is 1. The third-order valence-electron chi connectivity index (χ3n) is 2.51. The molecule has 0 spiro atoms. The lowest BCUT2D eigenvalue weighted by Crippen LogP contribution is -2.37. The highest BCUT2D eigenvalue weighted by Gasteiger charge is 2.21. The summed E-state index contributed by atoms with van der Waals surface area (Å²) in [5.41, 5.74) is 6.74. The van der Waals surface area contributed by atoms with Crippen LogP contribution in [0.15, 0.2) is 12.1 Å². The van der Waals surface area contributed by atoms with E-state index in [0.717, 1.165) is 5.56 Å². The molecule has 1 aromatic carbocycles. The highest BCUT2D eigenvalue weighted by Crippen LogP contribution is 2.32. The number of nitrogens with zero attached hydrogens (tertiary/aromatic N) is 1. The van der Waals surface area contributed by atoms with Crippen molar-refractivity contribution in [1.29, 1.82) is 0 Å². The van der Waals surface area contributed by atoms with E-state index in [1.54, 1.807) is 19.9 Å². The topological polar surface area (TPSA) is 105 Å². The SMILES string of the molecule is COC(=O)C(N)COc1c(C)cc(C)cc1[N+](=O)[O-]. The minimum absolute atomic E-state index is 0.120. The standard InChI is InChI=1S/C12H16N2O5/c1-7-4-8(2)11(10(5-7)14(16)17)19-6-9(13)12(15)18-3/h4-5,9H,6,13H2,1-3H3. The minimum Gasteiger partial charge on any atom is -0.484 e. The number of aryl methyl sites for hydroxylation is 2. The second-order valence-corrected chi connectivity index (χ2v) is 4.13. The van der Waals surface area contributed by atoms with Gasteiger partial charge in [-0.3, -0.25) is 14.9 Å². The Kier molecular flexibility index (Phi) is 4.82. The van der Waals surface area contributed by atoms with Crippen LogP contribution in [-0.2, 0) is 9.53 Å². The second kappa shape index (κ2) is 6.14. The first-order valence-corrected chi connectivity index (χ1v) is 5.58. The Morgan fingerprint density at radius 1 is 1.47 bits per heavy atom. The van der Waals surface area contributed by atoms with Gasteiger partial charge in [-0.05, 0) is 25.0 Å². The molecule has 0 radical (unpaired) electrons. The fraction of sp³-hybridized carbons (Fsp3) is 0.417. The Bertz CT molecular complexity index is 501. The molecule has 0 fully saturated rings. The van der Waals surface area contributed by atoms with E-state index in [2.05, 4.69) is 4.74 Å². The van der Waals surface area contributed by atoms with Crippen molar-refractivity contribution in [2.75, 3.05) is 13.7 Å². The number of carbonyl (C=O) groups is 1. The fourth-order valence-corrected chi connectivity index (χ4v) is 1.65. The number of rotatable bonds is 5. The van der Waals surface area contributed by atoms with E-state index >= 15 is 0 Å². The third kappa shape index (κ3) is 3.65. The second-order valence-electron chi connectivity index (χ2n) is 4.13. The van der Waals surface area contributed by atoms with Crippen LogP contribution in [0.25, 0.3) is 0 Å². The van der Waals surface area contributed by atoms with Crippen molar-refractivity contribution in [1.82, 2.24) is 0 Å². The molecule has 19 heavy (non-hydrogen) atoms. The molecule has 0 aliphatic heterocycles. The molecule has 0 heterocycles. The largest absolute Gasteiger partial charge is 0.484 e. The van der Waals surface area contributed by atoms with Gasteiger partial charge < -0.3 is 15.2 Å². The lowest BCUT2D eigenvalue weighted by atomic mass is 10.1. The first-order chi connectivity index (χ1) is 8.86. The van der Waals surface area contributed by atoms with Crippen LogP contribution in [0.2, 0.25) is 0 Å². The molecule has 1 aromatic rings. The molecule has 2 N–H and O–H groups in total. The summed E-state index contributed by atoms with van der Waals surface area (Å²) >= 11 is 0. The predicted molar refractivity (Wildman–Crippen MR) is 68.1 cm³/mol. The molecule has 7 heteroatoms. The van der Waals surface area contributed by atoms with Gasteiger partial charge in [0.25, 0.3) is 0 Å². The summed E-state index contributed by atoms with van der Waals surface area (Å²) in [6.45, 7) is 3.26. The predicted octanol–water partition coefficient (Wildman–Crippen LogP) is 1.09. The summed E-state index contributed by atoms with van der Waals surface area (Å²) in [5.74, 6) is -0.512. The van der Waals surface area contributed by atoms with Crippen LogP contribution >= 0.6 is 0 Å². The number of ether oxygens (including phenoxy) is 2. The zero-order valence-electron chi connectivity index (χ0n) is 11.0.